The number of hydrogen-bond donors (Lipinski definition) is 2. The molecule has 16 heavy (non-hydrogen) atoms. The van der Waals surface area contributed by atoms with Gasteiger partial charge in [0.1, 0.15) is 0 Å². The van der Waals surface area contributed by atoms with E-state index in [-0.39, 0.29) is 5.91 Å². The molecule has 2 amide bonds. The fraction of sp³-hybridized carbons (Fsp3) is 0.273. The van der Waals surface area contributed by atoms with E-state index in [1.54, 1.807) is 30.1 Å². The van der Waals surface area contributed by atoms with Gasteiger partial charge in [-0.2, -0.15) is 0 Å². The molecule has 0 aliphatic carbocycles. The van der Waals surface area contributed by atoms with Crippen LogP contribution >= 0.6 is 0 Å². The lowest BCUT2D eigenvalue weighted by atomic mass is 10.0. The standard InChI is InChI=1S/C11H12N2O3/c1-13-9-4-3-8(12-11(15)16)6-7(9)2-5-10(13)14/h3-4,6,12H,2,5H2,1H3,(H,15,16). The van der Waals surface area contributed by atoms with Crippen LogP contribution in [0.15, 0.2) is 18.2 Å². The summed E-state index contributed by atoms with van der Waals surface area (Å²) in [6, 6.07) is 5.19. The largest absolute Gasteiger partial charge is 0.465 e. The number of rotatable bonds is 1. The van der Waals surface area contributed by atoms with Gasteiger partial charge in [0.15, 0.2) is 0 Å². The van der Waals surface area contributed by atoms with Crippen LogP contribution in [0.25, 0.3) is 0 Å². The van der Waals surface area contributed by atoms with E-state index in [1.807, 2.05) is 0 Å². The van der Waals surface area contributed by atoms with Crippen molar-refractivity contribution in [2.45, 2.75) is 12.8 Å². The van der Waals surface area contributed by atoms with E-state index in [4.69, 9.17) is 5.11 Å². The summed E-state index contributed by atoms with van der Waals surface area (Å²) >= 11 is 0. The topological polar surface area (TPSA) is 69.6 Å². The highest BCUT2D eigenvalue weighted by Crippen LogP contribution is 2.29. The number of aryl methyl sites for hydroxylation is 1. The van der Waals surface area contributed by atoms with Gasteiger partial charge in [-0.15, -0.1) is 0 Å². The first kappa shape index (κ1) is 10.5. The van der Waals surface area contributed by atoms with Crippen molar-refractivity contribution in [3.8, 4) is 0 Å². The summed E-state index contributed by atoms with van der Waals surface area (Å²) in [6.07, 6.45) is 0.0495. The van der Waals surface area contributed by atoms with Crippen molar-refractivity contribution in [2.24, 2.45) is 0 Å². The molecule has 0 bridgehead atoms. The fourth-order valence-electron chi connectivity index (χ4n) is 1.86. The van der Waals surface area contributed by atoms with Gasteiger partial charge in [-0.25, -0.2) is 4.79 Å². The third-order valence-electron chi connectivity index (χ3n) is 2.67. The van der Waals surface area contributed by atoms with Gasteiger partial charge in [0.05, 0.1) is 0 Å². The number of anilines is 2. The Morgan fingerprint density at radius 1 is 1.44 bits per heavy atom. The summed E-state index contributed by atoms with van der Waals surface area (Å²) in [6.45, 7) is 0. The SMILES string of the molecule is CN1C(=O)CCc2cc(NC(=O)O)ccc21. The number of fused-ring (bicyclic) bond motifs is 1. The maximum Gasteiger partial charge on any atom is 0.409 e. The molecule has 0 atom stereocenters. The maximum atomic E-state index is 11.4. The molecular formula is C11H12N2O3. The van der Waals surface area contributed by atoms with Crippen LogP contribution in [0.1, 0.15) is 12.0 Å². The summed E-state index contributed by atoms with van der Waals surface area (Å²) in [5.74, 6) is 0.0893. The molecule has 0 unspecified atom stereocenters. The number of amides is 2. The van der Waals surface area contributed by atoms with Crippen LogP contribution in [0.3, 0.4) is 0 Å². The van der Waals surface area contributed by atoms with Gasteiger partial charge in [-0.05, 0) is 30.2 Å². The molecule has 2 rings (SSSR count). The highest BCUT2D eigenvalue weighted by Gasteiger charge is 2.20. The van der Waals surface area contributed by atoms with E-state index in [0.29, 0.717) is 18.5 Å². The van der Waals surface area contributed by atoms with Crippen molar-refractivity contribution in [1.29, 1.82) is 0 Å². The molecule has 0 saturated heterocycles. The predicted octanol–water partition coefficient (Wildman–Crippen LogP) is 1.69. The van der Waals surface area contributed by atoms with Crippen molar-refractivity contribution in [2.75, 3.05) is 17.3 Å². The highest BCUT2D eigenvalue weighted by atomic mass is 16.4. The smallest absolute Gasteiger partial charge is 0.409 e. The molecule has 84 valence electrons. The molecular weight excluding hydrogens is 208 g/mol. The van der Waals surface area contributed by atoms with Crippen molar-refractivity contribution in [3.05, 3.63) is 23.8 Å². The van der Waals surface area contributed by atoms with Gasteiger partial charge >= 0.3 is 6.09 Å². The minimum Gasteiger partial charge on any atom is -0.465 e. The summed E-state index contributed by atoms with van der Waals surface area (Å²) in [4.78, 5) is 23.5. The third-order valence-corrected chi connectivity index (χ3v) is 2.67. The number of carbonyl (C=O) groups excluding carboxylic acids is 1. The molecule has 5 heteroatoms. The number of hydrogen-bond acceptors (Lipinski definition) is 2. The van der Waals surface area contributed by atoms with E-state index < -0.39 is 6.09 Å². The maximum absolute atomic E-state index is 11.4. The first-order chi connectivity index (χ1) is 7.58. The minimum absolute atomic E-state index is 0.0893. The summed E-state index contributed by atoms with van der Waals surface area (Å²) in [5, 5.41) is 10.9. The van der Waals surface area contributed by atoms with Gasteiger partial charge in [-0.1, -0.05) is 0 Å². The Bertz CT molecular complexity index is 457. The van der Waals surface area contributed by atoms with Gasteiger partial charge < -0.3 is 10.0 Å². The molecule has 2 N–H and O–H groups in total. The third kappa shape index (κ3) is 1.84. The molecule has 0 saturated carbocycles. The van der Waals surface area contributed by atoms with Gasteiger partial charge in [-0.3, -0.25) is 10.1 Å². The Labute approximate surface area is 92.7 Å². The Morgan fingerprint density at radius 3 is 2.88 bits per heavy atom. The van der Waals surface area contributed by atoms with Crippen molar-refractivity contribution in [3.63, 3.8) is 0 Å². The summed E-state index contributed by atoms with van der Waals surface area (Å²) in [5.41, 5.74) is 2.38. The van der Waals surface area contributed by atoms with E-state index in [9.17, 15) is 9.59 Å². The monoisotopic (exact) mass is 220 g/mol. The molecule has 0 fully saturated rings. The molecule has 0 radical (unpaired) electrons. The number of nitrogens with one attached hydrogen (secondary N) is 1. The van der Waals surface area contributed by atoms with Crippen LogP contribution < -0.4 is 10.2 Å². The van der Waals surface area contributed by atoms with E-state index >= 15 is 0 Å². The Hall–Kier alpha value is -2.04. The Balaban J connectivity index is 2.33. The van der Waals surface area contributed by atoms with Crippen molar-refractivity contribution in [1.82, 2.24) is 0 Å². The first-order valence-electron chi connectivity index (χ1n) is 4.97. The second-order valence-corrected chi connectivity index (χ2v) is 3.73. The zero-order valence-electron chi connectivity index (χ0n) is 8.86. The van der Waals surface area contributed by atoms with Crippen LogP contribution in [0.2, 0.25) is 0 Å². The van der Waals surface area contributed by atoms with Crippen LogP contribution in [-0.4, -0.2) is 24.2 Å². The van der Waals surface area contributed by atoms with Crippen molar-refractivity contribution < 1.29 is 14.7 Å². The fourth-order valence-corrected chi connectivity index (χ4v) is 1.86. The molecule has 1 aromatic rings. The summed E-state index contributed by atoms with van der Waals surface area (Å²) in [7, 11) is 1.73. The number of benzene rings is 1. The first-order valence-corrected chi connectivity index (χ1v) is 4.97. The molecule has 1 aromatic carbocycles. The van der Waals surface area contributed by atoms with Crippen LogP contribution in [0.5, 0.6) is 0 Å². The molecule has 5 nitrogen and oxygen atoms in total. The lowest BCUT2D eigenvalue weighted by Gasteiger charge is -2.26. The van der Waals surface area contributed by atoms with E-state index in [1.165, 1.54) is 0 Å². The van der Waals surface area contributed by atoms with Gasteiger partial charge in [0.2, 0.25) is 5.91 Å². The number of carboxylic acid groups (broad SMARTS) is 1. The molecule has 0 spiro atoms. The van der Waals surface area contributed by atoms with Gasteiger partial charge in [0.25, 0.3) is 0 Å². The Kier molecular flexibility index (Phi) is 2.52. The normalized spacial score (nSPS) is 14.6. The average molecular weight is 220 g/mol. The van der Waals surface area contributed by atoms with Gasteiger partial charge in [0, 0.05) is 24.8 Å². The molecule has 1 aliphatic rings. The van der Waals surface area contributed by atoms with E-state index in [2.05, 4.69) is 5.32 Å². The molecule has 0 aromatic heterocycles. The lowest BCUT2D eigenvalue weighted by Crippen LogP contribution is -2.31. The van der Waals surface area contributed by atoms with Crippen LogP contribution in [0.4, 0.5) is 16.2 Å². The second kappa shape index (κ2) is 3.84. The van der Waals surface area contributed by atoms with Crippen LogP contribution in [0, 0.1) is 0 Å². The van der Waals surface area contributed by atoms with Crippen LogP contribution in [-0.2, 0) is 11.2 Å². The second-order valence-electron chi connectivity index (χ2n) is 3.73. The Morgan fingerprint density at radius 2 is 2.19 bits per heavy atom. The summed E-state index contributed by atoms with van der Waals surface area (Å²) < 4.78 is 0. The quantitative estimate of drug-likeness (QED) is 0.756. The zero-order chi connectivity index (χ0) is 11.7. The minimum atomic E-state index is -1.08. The zero-order valence-corrected chi connectivity index (χ0v) is 8.86. The van der Waals surface area contributed by atoms with E-state index in [0.717, 1.165) is 11.3 Å². The predicted molar refractivity (Wildman–Crippen MR) is 59.8 cm³/mol. The number of carbonyl (C=O) groups is 2. The molecule has 1 aliphatic heterocycles. The lowest BCUT2D eigenvalue weighted by molar-refractivity contribution is -0.118. The van der Waals surface area contributed by atoms with Crippen molar-refractivity contribution >= 4 is 23.4 Å². The number of nitrogens with zero attached hydrogens (tertiary/aromatic N) is 1. The molecule has 1 heterocycles. The average Bonchev–Trinajstić information content (AvgIpc) is 2.23. The highest BCUT2D eigenvalue weighted by molar-refractivity contribution is 5.96.